The number of carbonyl (C=O) groups is 1. The summed E-state index contributed by atoms with van der Waals surface area (Å²) in [5.74, 6) is -0.423. The number of fused-ring (bicyclic) bond motifs is 1. The highest BCUT2D eigenvalue weighted by atomic mass is 35.5. The van der Waals surface area contributed by atoms with Crippen LogP contribution in [0, 0.1) is 6.92 Å². The van der Waals surface area contributed by atoms with Gasteiger partial charge in [-0.3, -0.25) is 4.79 Å². The van der Waals surface area contributed by atoms with Crippen LogP contribution in [0.25, 0.3) is 10.9 Å². The Bertz CT molecular complexity index is 536. The zero-order valence-corrected chi connectivity index (χ0v) is 10.5. The Morgan fingerprint density at radius 2 is 2.06 bits per heavy atom. The number of aryl methyl sites for hydroxylation is 1. The summed E-state index contributed by atoms with van der Waals surface area (Å²) >= 11 is 0. The summed E-state index contributed by atoms with van der Waals surface area (Å²) in [5, 5.41) is 0.970. The van der Waals surface area contributed by atoms with E-state index < -0.39 is 12.0 Å². The number of aromatic nitrogens is 1. The van der Waals surface area contributed by atoms with Crippen molar-refractivity contribution in [1.29, 1.82) is 0 Å². The van der Waals surface area contributed by atoms with Crippen LogP contribution in [0.2, 0.25) is 0 Å². The Labute approximate surface area is 106 Å². The van der Waals surface area contributed by atoms with Gasteiger partial charge < -0.3 is 15.5 Å². The van der Waals surface area contributed by atoms with E-state index in [1.807, 2.05) is 31.2 Å². The van der Waals surface area contributed by atoms with Crippen LogP contribution in [0.4, 0.5) is 0 Å². The Morgan fingerprint density at radius 1 is 1.41 bits per heavy atom. The predicted octanol–water partition coefficient (Wildman–Crippen LogP) is 2.07. The number of nitrogens with two attached hydrogens (primary N) is 1. The molecule has 0 aliphatic heterocycles. The molecule has 92 valence electrons. The number of aromatic amines is 1. The van der Waals surface area contributed by atoms with Crippen LogP contribution in [0.15, 0.2) is 24.3 Å². The molecule has 0 fully saturated rings. The minimum atomic E-state index is -0.735. The molecular formula is C12H15ClN2O2. The number of hydrogen-bond acceptors (Lipinski definition) is 3. The predicted molar refractivity (Wildman–Crippen MR) is 69.2 cm³/mol. The van der Waals surface area contributed by atoms with Crippen LogP contribution in [0.1, 0.15) is 17.3 Å². The summed E-state index contributed by atoms with van der Waals surface area (Å²) in [4.78, 5) is 14.6. The first kappa shape index (κ1) is 13.5. The zero-order valence-electron chi connectivity index (χ0n) is 9.69. The number of ether oxygens (including phenoxy) is 1. The number of benzene rings is 1. The van der Waals surface area contributed by atoms with Gasteiger partial charge in [0.2, 0.25) is 0 Å². The molecule has 0 saturated carbocycles. The molecule has 0 aliphatic carbocycles. The standard InChI is InChI=1S/C12H14N2O2.ClH/c1-7-10(11(13)12(15)16-2)8-5-3-4-6-9(8)14-7;/h3-6,11,14H,13H2,1-2H3;1H/t11-;/m0./s1. The van der Waals surface area contributed by atoms with E-state index in [-0.39, 0.29) is 12.4 Å². The minimum absolute atomic E-state index is 0. The second-order valence-corrected chi connectivity index (χ2v) is 3.71. The quantitative estimate of drug-likeness (QED) is 0.807. The van der Waals surface area contributed by atoms with E-state index in [9.17, 15) is 4.79 Å². The Kier molecular flexibility index (Phi) is 4.15. The van der Waals surface area contributed by atoms with Crippen molar-refractivity contribution in [2.75, 3.05) is 7.11 Å². The molecule has 0 radical (unpaired) electrons. The smallest absolute Gasteiger partial charge is 0.327 e. The van der Waals surface area contributed by atoms with Crippen LogP contribution in [-0.4, -0.2) is 18.1 Å². The molecule has 4 nitrogen and oxygen atoms in total. The highest BCUT2D eigenvalue weighted by molar-refractivity contribution is 5.90. The van der Waals surface area contributed by atoms with Crippen molar-refractivity contribution < 1.29 is 9.53 Å². The molecule has 1 aromatic carbocycles. The lowest BCUT2D eigenvalue weighted by molar-refractivity contribution is -0.142. The van der Waals surface area contributed by atoms with Gasteiger partial charge in [-0.25, -0.2) is 0 Å². The summed E-state index contributed by atoms with van der Waals surface area (Å²) in [7, 11) is 1.34. The van der Waals surface area contributed by atoms with E-state index in [2.05, 4.69) is 9.72 Å². The monoisotopic (exact) mass is 254 g/mol. The zero-order chi connectivity index (χ0) is 11.7. The van der Waals surface area contributed by atoms with E-state index in [1.165, 1.54) is 7.11 Å². The number of rotatable bonds is 2. The maximum atomic E-state index is 11.4. The molecule has 3 N–H and O–H groups in total. The highest BCUT2D eigenvalue weighted by Crippen LogP contribution is 2.26. The second kappa shape index (κ2) is 5.21. The van der Waals surface area contributed by atoms with Crippen molar-refractivity contribution in [3.05, 3.63) is 35.5 Å². The van der Waals surface area contributed by atoms with Crippen molar-refractivity contribution in [1.82, 2.24) is 4.98 Å². The number of methoxy groups -OCH3 is 1. The third-order valence-electron chi connectivity index (χ3n) is 2.71. The van der Waals surface area contributed by atoms with Crippen molar-refractivity contribution in [2.45, 2.75) is 13.0 Å². The van der Waals surface area contributed by atoms with Gasteiger partial charge in [0.1, 0.15) is 6.04 Å². The van der Waals surface area contributed by atoms with Crippen LogP contribution < -0.4 is 5.73 Å². The minimum Gasteiger partial charge on any atom is -0.468 e. The van der Waals surface area contributed by atoms with Gasteiger partial charge in [0.05, 0.1) is 7.11 Å². The lowest BCUT2D eigenvalue weighted by Crippen LogP contribution is -2.23. The number of nitrogens with one attached hydrogen (secondary N) is 1. The first-order chi connectivity index (χ1) is 7.65. The maximum Gasteiger partial charge on any atom is 0.327 e. The van der Waals surface area contributed by atoms with Crippen LogP contribution in [-0.2, 0) is 9.53 Å². The molecule has 1 heterocycles. The third kappa shape index (κ3) is 2.28. The average molecular weight is 255 g/mol. The van der Waals surface area contributed by atoms with E-state index in [0.717, 1.165) is 22.2 Å². The number of para-hydroxylation sites is 1. The lowest BCUT2D eigenvalue weighted by Gasteiger charge is -2.09. The van der Waals surface area contributed by atoms with Crippen LogP contribution >= 0.6 is 12.4 Å². The fraction of sp³-hybridized carbons (Fsp3) is 0.250. The van der Waals surface area contributed by atoms with Crippen molar-refractivity contribution in [3.63, 3.8) is 0 Å². The first-order valence-corrected chi connectivity index (χ1v) is 5.05. The molecule has 2 aromatic rings. The van der Waals surface area contributed by atoms with Gasteiger partial charge in [0.15, 0.2) is 0 Å². The molecule has 0 bridgehead atoms. The van der Waals surface area contributed by atoms with Crippen molar-refractivity contribution in [2.24, 2.45) is 5.73 Å². The molecule has 0 aliphatic rings. The van der Waals surface area contributed by atoms with E-state index in [0.29, 0.717) is 0 Å². The largest absolute Gasteiger partial charge is 0.468 e. The Hall–Kier alpha value is -1.52. The second-order valence-electron chi connectivity index (χ2n) is 3.71. The van der Waals surface area contributed by atoms with Crippen LogP contribution in [0.3, 0.4) is 0 Å². The summed E-state index contributed by atoms with van der Waals surface area (Å²) in [6.45, 7) is 1.90. The van der Waals surface area contributed by atoms with Gasteiger partial charge >= 0.3 is 5.97 Å². The molecule has 1 aromatic heterocycles. The average Bonchev–Trinajstić information content (AvgIpc) is 2.63. The molecular weight excluding hydrogens is 240 g/mol. The summed E-state index contributed by atoms with van der Waals surface area (Å²) in [6, 6.07) is 7.02. The summed E-state index contributed by atoms with van der Waals surface area (Å²) < 4.78 is 4.66. The SMILES string of the molecule is COC(=O)[C@@H](N)c1c(C)[nH]c2ccccc12.Cl. The fourth-order valence-electron chi connectivity index (χ4n) is 1.94. The number of hydrogen-bond donors (Lipinski definition) is 2. The lowest BCUT2D eigenvalue weighted by atomic mass is 10.0. The van der Waals surface area contributed by atoms with Crippen molar-refractivity contribution in [3.8, 4) is 0 Å². The molecule has 1 atom stereocenters. The molecule has 0 unspecified atom stereocenters. The highest BCUT2D eigenvalue weighted by Gasteiger charge is 2.22. The van der Waals surface area contributed by atoms with E-state index in [1.54, 1.807) is 0 Å². The molecule has 5 heteroatoms. The third-order valence-corrected chi connectivity index (χ3v) is 2.71. The van der Waals surface area contributed by atoms with Gasteiger partial charge in [0, 0.05) is 22.2 Å². The molecule has 17 heavy (non-hydrogen) atoms. The Morgan fingerprint density at radius 3 is 2.71 bits per heavy atom. The number of esters is 1. The number of carbonyl (C=O) groups excluding carboxylic acids is 1. The molecule has 0 spiro atoms. The van der Waals surface area contributed by atoms with E-state index >= 15 is 0 Å². The fourth-order valence-corrected chi connectivity index (χ4v) is 1.94. The number of halogens is 1. The van der Waals surface area contributed by atoms with Gasteiger partial charge in [-0.2, -0.15) is 0 Å². The summed E-state index contributed by atoms with van der Waals surface area (Å²) in [6.07, 6.45) is 0. The van der Waals surface area contributed by atoms with Crippen molar-refractivity contribution >= 4 is 29.3 Å². The van der Waals surface area contributed by atoms with E-state index in [4.69, 9.17) is 5.73 Å². The first-order valence-electron chi connectivity index (χ1n) is 5.05. The number of H-pyrrole nitrogens is 1. The Balaban J connectivity index is 0.00000144. The van der Waals surface area contributed by atoms with Gasteiger partial charge in [0.25, 0.3) is 0 Å². The summed E-state index contributed by atoms with van der Waals surface area (Å²) in [5.41, 5.74) is 8.56. The molecule has 0 amide bonds. The van der Waals surface area contributed by atoms with Crippen LogP contribution in [0.5, 0.6) is 0 Å². The molecule has 0 saturated heterocycles. The normalized spacial score (nSPS) is 11.9. The van der Waals surface area contributed by atoms with Gasteiger partial charge in [-0.1, -0.05) is 18.2 Å². The molecule has 2 rings (SSSR count). The maximum absolute atomic E-state index is 11.4. The van der Waals surface area contributed by atoms with Gasteiger partial charge in [-0.05, 0) is 13.0 Å². The topological polar surface area (TPSA) is 68.1 Å². The van der Waals surface area contributed by atoms with Gasteiger partial charge in [-0.15, -0.1) is 12.4 Å².